The minimum Gasteiger partial charge on any atom is -0.493 e. The number of carboxylic acids is 1. The lowest BCUT2D eigenvalue weighted by molar-refractivity contribution is 0.0698. The number of benzene rings is 2. The number of ether oxygens (including phenoxy) is 2. The molecule has 0 fully saturated rings. The highest BCUT2D eigenvalue weighted by Gasteiger charge is 2.16. The highest BCUT2D eigenvalue weighted by molar-refractivity contribution is 6.08. The summed E-state index contributed by atoms with van der Waals surface area (Å²) in [6.07, 6.45) is 0. The first-order valence-corrected chi connectivity index (χ1v) is 6.81. The van der Waals surface area contributed by atoms with Gasteiger partial charge in [-0.15, -0.1) is 0 Å². The molecule has 2 aromatic carbocycles. The fourth-order valence-corrected chi connectivity index (χ4v) is 2.07. The van der Waals surface area contributed by atoms with Gasteiger partial charge >= 0.3 is 5.97 Å². The second kappa shape index (κ2) is 7.15. The standard InChI is InChI=1S/C17H14N2O5/c1-23-14-6-4-11(8-15(14)24-2)16(20)19-13-5-3-10(9-18)7-12(13)17(21)22/h3-8H,1-2H3,(H,19,20)(H,21,22). The molecule has 7 nitrogen and oxygen atoms in total. The van der Waals surface area contributed by atoms with Crippen LogP contribution < -0.4 is 14.8 Å². The minimum absolute atomic E-state index is 0.0984. The predicted octanol–water partition coefficient (Wildman–Crippen LogP) is 2.53. The van der Waals surface area contributed by atoms with Crippen molar-refractivity contribution in [3.8, 4) is 17.6 Å². The summed E-state index contributed by atoms with van der Waals surface area (Å²) in [6.45, 7) is 0. The van der Waals surface area contributed by atoms with E-state index in [1.54, 1.807) is 6.07 Å². The van der Waals surface area contributed by atoms with Crippen molar-refractivity contribution in [3.63, 3.8) is 0 Å². The van der Waals surface area contributed by atoms with Gasteiger partial charge in [0.2, 0.25) is 0 Å². The van der Waals surface area contributed by atoms with Crippen molar-refractivity contribution >= 4 is 17.6 Å². The molecule has 7 heteroatoms. The molecule has 1 amide bonds. The fourth-order valence-electron chi connectivity index (χ4n) is 2.07. The van der Waals surface area contributed by atoms with Gasteiger partial charge in [-0.25, -0.2) is 4.79 Å². The van der Waals surface area contributed by atoms with Crippen LogP contribution in [0, 0.1) is 11.3 Å². The molecule has 0 saturated heterocycles. The zero-order valence-corrected chi connectivity index (χ0v) is 13.0. The van der Waals surface area contributed by atoms with Gasteiger partial charge in [0.25, 0.3) is 5.91 Å². The average Bonchev–Trinajstić information content (AvgIpc) is 2.61. The Morgan fingerprint density at radius 2 is 1.79 bits per heavy atom. The Bertz CT molecular complexity index is 839. The number of carboxylic acid groups (broad SMARTS) is 1. The maximum Gasteiger partial charge on any atom is 0.337 e. The van der Waals surface area contributed by atoms with Crippen LogP contribution in [0.1, 0.15) is 26.3 Å². The van der Waals surface area contributed by atoms with Gasteiger partial charge in [-0.2, -0.15) is 5.26 Å². The number of carbonyl (C=O) groups is 2. The third-order valence-electron chi connectivity index (χ3n) is 3.27. The monoisotopic (exact) mass is 326 g/mol. The summed E-state index contributed by atoms with van der Waals surface area (Å²) >= 11 is 0. The van der Waals surface area contributed by atoms with Crippen LogP contribution in [-0.2, 0) is 0 Å². The molecule has 0 aliphatic heterocycles. The van der Waals surface area contributed by atoms with E-state index in [9.17, 15) is 14.7 Å². The Labute approximate surface area is 138 Å². The summed E-state index contributed by atoms with van der Waals surface area (Å²) in [6, 6.07) is 10.4. The first-order chi connectivity index (χ1) is 11.5. The minimum atomic E-state index is -1.24. The average molecular weight is 326 g/mol. The van der Waals surface area contributed by atoms with Crippen molar-refractivity contribution in [2.75, 3.05) is 19.5 Å². The lowest BCUT2D eigenvalue weighted by atomic mass is 10.1. The Kier molecular flexibility index (Phi) is 5.02. The molecule has 0 saturated carbocycles. The van der Waals surface area contributed by atoms with Crippen molar-refractivity contribution in [1.29, 1.82) is 5.26 Å². The Morgan fingerprint density at radius 3 is 2.38 bits per heavy atom. The van der Waals surface area contributed by atoms with Crippen LogP contribution in [0.4, 0.5) is 5.69 Å². The SMILES string of the molecule is COc1ccc(C(=O)Nc2ccc(C#N)cc2C(=O)O)cc1OC. The molecule has 0 aromatic heterocycles. The molecule has 0 heterocycles. The van der Waals surface area contributed by atoms with Crippen molar-refractivity contribution < 1.29 is 24.2 Å². The number of hydrogen-bond acceptors (Lipinski definition) is 5. The summed E-state index contributed by atoms with van der Waals surface area (Å²) in [5, 5.41) is 20.6. The topological polar surface area (TPSA) is 109 Å². The molecule has 0 bridgehead atoms. The van der Waals surface area contributed by atoms with E-state index < -0.39 is 11.9 Å². The number of methoxy groups -OCH3 is 2. The maximum absolute atomic E-state index is 12.3. The fraction of sp³-hybridized carbons (Fsp3) is 0.118. The van der Waals surface area contributed by atoms with Crippen LogP contribution >= 0.6 is 0 Å². The Hall–Kier alpha value is -3.53. The summed E-state index contributed by atoms with van der Waals surface area (Å²) in [4.78, 5) is 23.6. The number of nitriles is 1. The van der Waals surface area contributed by atoms with Crippen molar-refractivity contribution in [2.45, 2.75) is 0 Å². The third-order valence-corrected chi connectivity index (χ3v) is 3.27. The molecule has 2 aromatic rings. The molecular weight excluding hydrogens is 312 g/mol. The van der Waals surface area contributed by atoms with Crippen LogP contribution in [0.25, 0.3) is 0 Å². The molecular formula is C17H14N2O5. The zero-order chi connectivity index (χ0) is 17.7. The van der Waals surface area contributed by atoms with E-state index in [1.807, 2.05) is 6.07 Å². The first-order valence-electron chi connectivity index (χ1n) is 6.81. The molecule has 0 atom stereocenters. The van der Waals surface area contributed by atoms with Gasteiger partial charge in [0.05, 0.1) is 37.1 Å². The van der Waals surface area contributed by atoms with E-state index in [4.69, 9.17) is 14.7 Å². The van der Waals surface area contributed by atoms with E-state index in [2.05, 4.69) is 5.32 Å². The summed E-state index contributed by atoms with van der Waals surface area (Å²) in [7, 11) is 2.93. The van der Waals surface area contributed by atoms with E-state index in [1.165, 1.54) is 44.6 Å². The normalized spacial score (nSPS) is 9.71. The second-order valence-electron chi connectivity index (χ2n) is 4.70. The molecule has 0 aliphatic carbocycles. The Morgan fingerprint density at radius 1 is 1.08 bits per heavy atom. The van der Waals surface area contributed by atoms with E-state index in [-0.39, 0.29) is 22.4 Å². The van der Waals surface area contributed by atoms with Crippen molar-refractivity contribution in [2.24, 2.45) is 0 Å². The van der Waals surface area contributed by atoms with Gasteiger partial charge in [-0.1, -0.05) is 0 Å². The van der Waals surface area contributed by atoms with Crippen LogP contribution in [0.15, 0.2) is 36.4 Å². The number of rotatable bonds is 5. The lowest BCUT2D eigenvalue weighted by Crippen LogP contribution is -2.15. The van der Waals surface area contributed by atoms with Crippen LogP contribution in [-0.4, -0.2) is 31.2 Å². The molecule has 24 heavy (non-hydrogen) atoms. The zero-order valence-electron chi connectivity index (χ0n) is 13.0. The molecule has 122 valence electrons. The molecule has 0 spiro atoms. The van der Waals surface area contributed by atoms with Gasteiger partial charge in [0.15, 0.2) is 11.5 Å². The third kappa shape index (κ3) is 3.44. The number of nitrogens with zero attached hydrogens (tertiary/aromatic N) is 1. The number of nitrogens with one attached hydrogen (secondary N) is 1. The number of amides is 1. The molecule has 2 N–H and O–H groups in total. The molecule has 0 radical (unpaired) electrons. The largest absolute Gasteiger partial charge is 0.493 e. The highest BCUT2D eigenvalue weighted by Crippen LogP contribution is 2.28. The highest BCUT2D eigenvalue weighted by atomic mass is 16.5. The van der Waals surface area contributed by atoms with Crippen LogP contribution in [0.3, 0.4) is 0 Å². The van der Waals surface area contributed by atoms with Gasteiger partial charge in [-0.05, 0) is 36.4 Å². The second-order valence-corrected chi connectivity index (χ2v) is 4.70. The Balaban J connectivity index is 2.33. The van der Waals surface area contributed by atoms with Gasteiger partial charge in [0, 0.05) is 5.56 Å². The van der Waals surface area contributed by atoms with E-state index in [0.29, 0.717) is 11.5 Å². The van der Waals surface area contributed by atoms with Gasteiger partial charge < -0.3 is 19.9 Å². The van der Waals surface area contributed by atoms with E-state index >= 15 is 0 Å². The predicted molar refractivity (Wildman–Crippen MR) is 85.6 cm³/mol. The van der Waals surface area contributed by atoms with Crippen molar-refractivity contribution in [1.82, 2.24) is 0 Å². The number of aromatic carboxylic acids is 1. The summed E-state index contributed by atoms with van der Waals surface area (Å²) in [5.74, 6) is -0.903. The van der Waals surface area contributed by atoms with Crippen LogP contribution in [0.2, 0.25) is 0 Å². The smallest absolute Gasteiger partial charge is 0.337 e. The molecule has 2 rings (SSSR count). The molecule has 0 unspecified atom stereocenters. The van der Waals surface area contributed by atoms with Gasteiger partial charge in [0.1, 0.15) is 0 Å². The number of hydrogen-bond donors (Lipinski definition) is 2. The summed E-state index contributed by atoms with van der Waals surface area (Å²) < 4.78 is 10.2. The number of carbonyl (C=O) groups excluding carboxylic acids is 1. The lowest BCUT2D eigenvalue weighted by Gasteiger charge is -2.11. The first kappa shape index (κ1) is 16.8. The summed E-state index contributed by atoms with van der Waals surface area (Å²) in [5.41, 5.74) is 0.397. The molecule has 0 aliphatic rings. The van der Waals surface area contributed by atoms with Gasteiger partial charge in [-0.3, -0.25) is 4.79 Å². The van der Waals surface area contributed by atoms with Crippen molar-refractivity contribution in [3.05, 3.63) is 53.1 Å². The number of anilines is 1. The van der Waals surface area contributed by atoms with E-state index in [0.717, 1.165) is 0 Å². The maximum atomic E-state index is 12.3. The quantitative estimate of drug-likeness (QED) is 0.874. The van der Waals surface area contributed by atoms with Crippen LogP contribution in [0.5, 0.6) is 11.5 Å².